The summed E-state index contributed by atoms with van der Waals surface area (Å²) in [5, 5.41) is 8.96. The molecule has 1 aliphatic rings. The predicted octanol–water partition coefficient (Wildman–Crippen LogP) is 4.09. The Balaban J connectivity index is 1.67. The maximum atomic E-state index is 6.29. The number of nitrogens with zero attached hydrogens (tertiary/aromatic N) is 3. The zero-order chi connectivity index (χ0) is 16.0. The third kappa shape index (κ3) is 2.54. The molecule has 0 amide bonds. The van der Waals surface area contributed by atoms with E-state index in [1.54, 1.807) is 0 Å². The van der Waals surface area contributed by atoms with Crippen molar-refractivity contribution in [3.63, 3.8) is 0 Å². The molecule has 1 aliphatic carbocycles. The highest BCUT2D eigenvalue weighted by Gasteiger charge is 2.29. The van der Waals surface area contributed by atoms with Crippen molar-refractivity contribution < 1.29 is 0 Å². The highest BCUT2D eigenvalue weighted by atomic mass is 32.2. The van der Waals surface area contributed by atoms with Gasteiger partial charge in [-0.2, -0.15) is 0 Å². The molecule has 0 fully saturated rings. The Hall–Kier alpha value is -1.85. The van der Waals surface area contributed by atoms with E-state index in [1.807, 2.05) is 17.8 Å². The minimum atomic E-state index is 0.147. The SMILES string of the molecule is CC(C)c1nnc2ccc(S[C@H]3CC(N)c4ccccc43)cn12. The number of rotatable bonds is 3. The van der Waals surface area contributed by atoms with Gasteiger partial charge in [0.15, 0.2) is 5.65 Å². The molecule has 1 unspecified atom stereocenters. The molecular formula is C18H20N4S. The van der Waals surface area contributed by atoms with Gasteiger partial charge >= 0.3 is 0 Å². The summed E-state index contributed by atoms with van der Waals surface area (Å²) in [6.45, 7) is 4.28. The normalized spacial score (nSPS) is 20.3. The molecule has 2 aromatic heterocycles. The van der Waals surface area contributed by atoms with E-state index in [9.17, 15) is 0 Å². The summed E-state index contributed by atoms with van der Waals surface area (Å²) in [7, 11) is 0. The van der Waals surface area contributed by atoms with Crippen molar-refractivity contribution in [2.24, 2.45) is 5.73 Å². The van der Waals surface area contributed by atoms with E-state index in [4.69, 9.17) is 5.73 Å². The summed E-state index contributed by atoms with van der Waals surface area (Å²) in [6, 6.07) is 12.9. The van der Waals surface area contributed by atoms with E-state index in [0.717, 1.165) is 17.9 Å². The fourth-order valence-corrected chi connectivity index (χ4v) is 4.54. The van der Waals surface area contributed by atoms with Gasteiger partial charge in [-0.05, 0) is 29.7 Å². The maximum absolute atomic E-state index is 6.29. The minimum absolute atomic E-state index is 0.147. The Labute approximate surface area is 140 Å². The van der Waals surface area contributed by atoms with Crippen molar-refractivity contribution in [3.8, 4) is 0 Å². The first kappa shape index (κ1) is 14.7. The van der Waals surface area contributed by atoms with E-state index in [1.165, 1.54) is 16.0 Å². The lowest BCUT2D eigenvalue weighted by molar-refractivity contribution is 0.705. The van der Waals surface area contributed by atoms with Crippen LogP contribution in [-0.2, 0) is 0 Å². The molecule has 118 valence electrons. The van der Waals surface area contributed by atoms with Crippen molar-refractivity contribution in [2.45, 2.75) is 42.4 Å². The van der Waals surface area contributed by atoms with Gasteiger partial charge in [0.05, 0.1) is 0 Å². The first-order chi connectivity index (χ1) is 11.1. The first-order valence-electron chi connectivity index (χ1n) is 7.99. The summed E-state index contributed by atoms with van der Waals surface area (Å²) < 4.78 is 2.10. The van der Waals surface area contributed by atoms with Crippen LogP contribution < -0.4 is 5.73 Å². The molecule has 4 rings (SSSR count). The fourth-order valence-electron chi connectivity index (χ4n) is 3.25. The molecule has 0 saturated carbocycles. The van der Waals surface area contributed by atoms with Crippen LogP contribution >= 0.6 is 11.8 Å². The molecule has 0 saturated heterocycles. The molecule has 4 nitrogen and oxygen atoms in total. The fraction of sp³-hybridized carbons (Fsp3) is 0.333. The lowest BCUT2D eigenvalue weighted by Crippen LogP contribution is -2.05. The third-order valence-electron chi connectivity index (χ3n) is 4.41. The van der Waals surface area contributed by atoms with Gasteiger partial charge in [-0.1, -0.05) is 38.1 Å². The topological polar surface area (TPSA) is 56.2 Å². The molecule has 2 heterocycles. The van der Waals surface area contributed by atoms with Crippen LogP contribution in [0, 0.1) is 0 Å². The molecule has 0 bridgehead atoms. The second kappa shape index (κ2) is 5.65. The first-order valence-corrected chi connectivity index (χ1v) is 8.87. The Morgan fingerprint density at radius 1 is 1.13 bits per heavy atom. The Morgan fingerprint density at radius 3 is 2.70 bits per heavy atom. The summed E-state index contributed by atoms with van der Waals surface area (Å²) in [4.78, 5) is 1.23. The molecule has 1 aromatic carbocycles. The highest BCUT2D eigenvalue weighted by molar-refractivity contribution is 7.99. The van der Waals surface area contributed by atoms with Gasteiger partial charge in [0.1, 0.15) is 5.82 Å². The molecule has 0 spiro atoms. The molecule has 0 aliphatic heterocycles. The molecule has 3 aromatic rings. The summed E-state index contributed by atoms with van der Waals surface area (Å²) in [5.74, 6) is 1.36. The zero-order valence-corrected chi connectivity index (χ0v) is 14.1. The smallest absolute Gasteiger partial charge is 0.160 e. The average molecular weight is 324 g/mol. The van der Waals surface area contributed by atoms with Gasteiger partial charge in [0.25, 0.3) is 0 Å². The number of hydrogen-bond acceptors (Lipinski definition) is 4. The summed E-state index contributed by atoms with van der Waals surface area (Å²) in [6.07, 6.45) is 3.14. The standard InChI is InChI=1S/C18H20N4S/c1-11(2)18-21-20-17-8-7-12(10-22(17)18)23-16-9-15(19)13-5-3-4-6-14(13)16/h3-8,10-11,15-16H,9,19H2,1-2H3/t15?,16-/m0/s1. The predicted molar refractivity (Wildman–Crippen MR) is 93.7 cm³/mol. The molecule has 0 radical (unpaired) electrons. The van der Waals surface area contributed by atoms with Crippen LogP contribution in [0.2, 0.25) is 0 Å². The van der Waals surface area contributed by atoms with Crippen LogP contribution in [-0.4, -0.2) is 14.6 Å². The van der Waals surface area contributed by atoms with Gasteiger partial charge in [-0.25, -0.2) is 0 Å². The number of nitrogens with two attached hydrogens (primary N) is 1. The molecule has 5 heteroatoms. The second-order valence-electron chi connectivity index (χ2n) is 6.38. The number of thioether (sulfide) groups is 1. The van der Waals surface area contributed by atoms with Crippen LogP contribution in [0.1, 0.15) is 54.4 Å². The van der Waals surface area contributed by atoms with E-state index >= 15 is 0 Å². The lowest BCUT2D eigenvalue weighted by atomic mass is 10.1. The van der Waals surface area contributed by atoms with Crippen LogP contribution in [0.3, 0.4) is 0 Å². The van der Waals surface area contributed by atoms with E-state index in [0.29, 0.717) is 11.2 Å². The number of benzene rings is 1. The lowest BCUT2D eigenvalue weighted by Gasteiger charge is -2.12. The maximum Gasteiger partial charge on any atom is 0.160 e. The average Bonchev–Trinajstić information content (AvgIpc) is 3.10. The van der Waals surface area contributed by atoms with Crippen LogP contribution in [0.15, 0.2) is 47.5 Å². The largest absolute Gasteiger partial charge is 0.324 e. The minimum Gasteiger partial charge on any atom is -0.324 e. The molecule has 2 N–H and O–H groups in total. The molecule has 2 atom stereocenters. The summed E-state index contributed by atoms with van der Waals surface area (Å²) in [5.41, 5.74) is 9.86. The Bertz CT molecular complexity index is 855. The Morgan fingerprint density at radius 2 is 1.91 bits per heavy atom. The van der Waals surface area contributed by atoms with Gasteiger partial charge in [0.2, 0.25) is 0 Å². The number of fused-ring (bicyclic) bond motifs is 2. The monoisotopic (exact) mass is 324 g/mol. The van der Waals surface area contributed by atoms with Crippen molar-refractivity contribution >= 4 is 17.4 Å². The number of aromatic nitrogens is 3. The molecular weight excluding hydrogens is 304 g/mol. The van der Waals surface area contributed by atoms with Gasteiger partial charge in [-0.15, -0.1) is 22.0 Å². The van der Waals surface area contributed by atoms with Gasteiger partial charge < -0.3 is 5.73 Å². The second-order valence-corrected chi connectivity index (χ2v) is 7.66. The van der Waals surface area contributed by atoms with E-state index < -0.39 is 0 Å². The Kier molecular flexibility index (Phi) is 3.62. The summed E-state index contributed by atoms with van der Waals surface area (Å²) >= 11 is 1.88. The van der Waals surface area contributed by atoms with Crippen molar-refractivity contribution in [2.75, 3.05) is 0 Å². The van der Waals surface area contributed by atoms with Crippen LogP contribution in [0.5, 0.6) is 0 Å². The van der Waals surface area contributed by atoms with E-state index in [2.05, 4.69) is 65.0 Å². The van der Waals surface area contributed by atoms with Crippen molar-refractivity contribution in [3.05, 3.63) is 59.5 Å². The quantitative estimate of drug-likeness (QED) is 0.788. The van der Waals surface area contributed by atoms with Gasteiger partial charge in [-0.3, -0.25) is 4.40 Å². The van der Waals surface area contributed by atoms with Crippen molar-refractivity contribution in [1.82, 2.24) is 14.6 Å². The van der Waals surface area contributed by atoms with E-state index in [-0.39, 0.29) is 6.04 Å². The number of pyridine rings is 1. The zero-order valence-electron chi connectivity index (χ0n) is 13.3. The molecule has 23 heavy (non-hydrogen) atoms. The highest BCUT2D eigenvalue weighted by Crippen LogP contribution is 2.48. The van der Waals surface area contributed by atoms with Crippen LogP contribution in [0.25, 0.3) is 5.65 Å². The van der Waals surface area contributed by atoms with Crippen LogP contribution in [0.4, 0.5) is 0 Å². The third-order valence-corrected chi connectivity index (χ3v) is 5.65. The number of hydrogen-bond donors (Lipinski definition) is 1. The van der Waals surface area contributed by atoms with Crippen molar-refractivity contribution in [1.29, 1.82) is 0 Å². The van der Waals surface area contributed by atoms with Gasteiger partial charge in [0, 0.05) is 28.3 Å².